The molecule has 0 aliphatic carbocycles. The number of hydrogen-bond acceptors (Lipinski definition) is 4. The van der Waals surface area contributed by atoms with E-state index in [0.29, 0.717) is 40.0 Å². The SMILES string of the molecule is N#Cc1ccc(Cn2c3c(c(=O)c4cc(C#N)ccc42)C(=O)n2cccc2-3)cc1. The summed E-state index contributed by atoms with van der Waals surface area (Å²) in [6.07, 6.45) is 1.65. The molecular formula is C23H12N4O2. The zero-order chi connectivity index (χ0) is 20.1. The molecular weight excluding hydrogens is 364 g/mol. The van der Waals surface area contributed by atoms with Gasteiger partial charge in [0.05, 0.1) is 40.2 Å². The van der Waals surface area contributed by atoms with Gasteiger partial charge >= 0.3 is 0 Å². The quantitative estimate of drug-likeness (QED) is 0.473. The van der Waals surface area contributed by atoms with E-state index in [1.165, 1.54) is 10.6 Å². The molecule has 1 aliphatic heterocycles. The van der Waals surface area contributed by atoms with E-state index in [1.54, 1.807) is 36.5 Å². The van der Waals surface area contributed by atoms with Crippen molar-refractivity contribution < 1.29 is 4.79 Å². The maximum absolute atomic E-state index is 13.2. The van der Waals surface area contributed by atoms with Crippen LogP contribution in [-0.4, -0.2) is 15.0 Å². The van der Waals surface area contributed by atoms with E-state index >= 15 is 0 Å². The maximum atomic E-state index is 13.2. The Balaban J connectivity index is 1.84. The van der Waals surface area contributed by atoms with Gasteiger partial charge in [0.2, 0.25) is 5.43 Å². The average Bonchev–Trinajstić information content (AvgIpc) is 3.34. The van der Waals surface area contributed by atoms with E-state index in [9.17, 15) is 14.9 Å². The van der Waals surface area contributed by atoms with Gasteiger partial charge < -0.3 is 4.57 Å². The standard InChI is InChI=1S/C23H12N4O2/c24-11-14-3-5-15(6-4-14)13-27-18-8-7-16(12-25)10-17(18)22(28)20-21(27)19-2-1-9-26(19)23(20)29/h1-10H,13H2. The van der Waals surface area contributed by atoms with E-state index in [2.05, 4.69) is 12.1 Å². The molecule has 0 unspecified atom stereocenters. The zero-order valence-electron chi connectivity index (χ0n) is 15.1. The van der Waals surface area contributed by atoms with Gasteiger partial charge in [0.15, 0.2) is 0 Å². The third-order valence-electron chi connectivity index (χ3n) is 5.24. The summed E-state index contributed by atoms with van der Waals surface area (Å²) in [5.74, 6) is -0.358. The first-order chi connectivity index (χ1) is 14.1. The molecule has 136 valence electrons. The molecule has 0 radical (unpaired) electrons. The number of nitrogens with zero attached hydrogens (tertiary/aromatic N) is 4. The van der Waals surface area contributed by atoms with Gasteiger partial charge in [-0.25, -0.2) is 0 Å². The second-order valence-corrected chi connectivity index (χ2v) is 6.86. The number of pyridine rings is 1. The molecule has 2 aromatic carbocycles. The van der Waals surface area contributed by atoms with Crippen LogP contribution >= 0.6 is 0 Å². The highest BCUT2D eigenvalue weighted by molar-refractivity contribution is 6.10. The van der Waals surface area contributed by atoms with Gasteiger partial charge in [-0.2, -0.15) is 10.5 Å². The Hall–Kier alpha value is -4.42. The number of benzene rings is 2. The number of carbonyl (C=O) groups is 1. The molecule has 1 aliphatic rings. The molecule has 6 nitrogen and oxygen atoms in total. The summed E-state index contributed by atoms with van der Waals surface area (Å²) in [4.78, 5) is 26.1. The molecule has 0 spiro atoms. The molecule has 0 saturated carbocycles. The monoisotopic (exact) mass is 376 g/mol. The van der Waals surface area contributed by atoms with E-state index in [1.807, 2.05) is 22.8 Å². The molecule has 29 heavy (non-hydrogen) atoms. The number of rotatable bonds is 2. The minimum Gasteiger partial charge on any atom is -0.334 e. The fourth-order valence-corrected chi connectivity index (χ4v) is 3.89. The van der Waals surface area contributed by atoms with Crippen molar-refractivity contribution in [2.45, 2.75) is 6.54 Å². The molecule has 5 rings (SSSR count). The zero-order valence-corrected chi connectivity index (χ0v) is 15.1. The number of nitriles is 2. The van der Waals surface area contributed by atoms with Crippen molar-refractivity contribution in [3.8, 4) is 23.5 Å². The van der Waals surface area contributed by atoms with Crippen LogP contribution in [0.1, 0.15) is 27.0 Å². The van der Waals surface area contributed by atoms with Crippen molar-refractivity contribution in [3.63, 3.8) is 0 Å². The van der Waals surface area contributed by atoms with Crippen molar-refractivity contribution >= 4 is 16.8 Å². The van der Waals surface area contributed by atoms with Crippen molar-refractivity contribution in [3.05, 3.63) is 93.3 Å². The minimum absolute atomic E-state index is 0.122. The molecule has 0 fully saturated rings. The van der Waals surface area contributed by atoms with Crippen LogP contribution in [0.2, 0.25) is 0 Å². The molecule has 0 amide bonds. The summed E-state index contributed by atoms with van der Waals surface area (Å²) in [6, 6.07) is 19.9. The molecule has 0 bridgehead atoms. The van der Waals surface area contributed by atoms with Gasteiger partial charge in [-0.15, -0.1) is 0 Å². The van der Waals surface area contributed by atoms with Crippen LogP contribution in [-0.2, 0) is 6.54 Å². The summed E-state index contributed by atoms with van der Waals surface area (Å²) in [5.41, 5.74) is 3.51. The lowest BCUT2D eigenvalue weighted by atomic mass is 10.0. The molecule has 0 atom stereocenters. The summed E-state index contributed by atoms with van der Waals surface area (Å²) < 4.78 is 3.41. The Labute approximate surface area is 165 Å². The van der Waals surface area contributed by atoms with Gasteiger partial charge in [0.1, 0.15) is 5.56 Å². The molecule has 3 heterocycles. The Kier molecular flexibility index (Phi) is 3.49. The fraction of sp³-hybridized carbons (Fsp3) is 0.0435. The predicted octanol–water partition coefficient (Wildman–Crippen LogP) is 3.26. The molecule has 4 aromatic rings. The third kappa shape index (κ3) is 2.33. The summed E-state index contributed by atoms with van der Waals surface area (Å²) in [7, 11) is 0. The van der Waals surface area contributed by atoms with Crippen LogP contribution < -0.4 is 5.43 Å². The van der Waals surface area contributed by atoms with Gasteiger partial charge in [-0.3, -0.25) is 14.2 Å². The predicted molar refractivity (Wildman–Crippen MR) is 106 cm³/mol. The Morgan fingerprint density at radius 2 is 1.62 bits per heavy atom. The highest BCUT2D eigenvalue weighted by Crippen LogP contribution is 2.33. The van der Waals surface area contributed by atoms with Crippen LogP contribution in [0.3, 0.4) is 0 Å². The smallest absolute Gasteiger partial charge is 0.268 e. The lowest BCUT2D eigenvalue weighted by Gasteiger charge is -2.16. The van der Waals surface area contributed by atoms with Gasteiger partial charge in [0.25, 0.3) is 5.91 Å². The lowest BCUT2D eigenvalue weighted by molar-refractivity contribution is 0.0968. The molecule has 2 aromatic heterocycles. The van der Waals surface area contributed by atoms with Crippen LogP contribution in [0.4, 0.5) is 0 Å². The molecule has 0 N–H and O–H groups in total. The van der Waals surface area contributed by atoms with Crippen LogP contribution in [0.15, 0.2) is 65.6 Å². The Morgan fingerprint density at radius 3 is 2.34 bits per heavy atom. The van der Waals surface area contributed by atoms with E-state index < -0.39 is 0 Å². The number of fused-ring (bicyclic) bond motifs is 4. The molecule has 6 heteroatoms. The van der Waals surface area contributed by atoms with E-state index in [0.717, 1.165) is 5.56 Å². The maximum Gasteiger partial charge on any atom is 0.268 e. The Morgan fingerprint density at radius 1 is 0.897 bits per heavy atom. The van der Waals surface area contributed by atoms with Gasteiger partial charge in [0, 0.05) is 18.1 Å². The second-order valence-electron chi connectivity index (χ2n) is 6.86. The average molecular weight is 376 g/mol. The van der Waals surface area contributed by atoms with Crippen molar-refractivity contribution in [1.82, 2.24) is 9.13 Å². The first kappa shape index (κ1) is 16.7. The van der Waals surface area contributed by atoms with E-state index in [-0.39, 0.29) is 16.9 Å². The summed E-state index contributed by atoms with van der Waals surface area (Å²) in [6.45, 7) is 0.412. The number of aromatic nitrogens is 2. The topological polar surface area (TPSA) is 91.6 Å². The summed E-state index contributed by atoms with van der Waals surface area (Å²) >= 11 is 0. The number of carbonyl (C=O) groups excluding carboxylic acids is 1. The largest absolute Gasteiger partial charge is 0.334 e. The summed E-state index contributed by atoms with van der Waals surface area (Å²) in [5, 5.41) is 18.6. The molecule has 0 saturated heterocycles. The normalized spacial score (nSPS) is 11.7. The first-order valence-electron chi connectivity index (χ1n) is 8.94. The van der Waals surface area contributed by atoms with Crippen LogP contribution in [0.25, 0.3) is 22.3 Å². The van der Waals surface area contributed by atoms with E-state index in [4.69, 9.17) is 5.26 Å². The minimum atomic E-state index is -0.364. The van der Waals surface area contributed by atoms with Gasteiger partial charge in [-0.05, 0) is 48.0 Å². The fourth-order valence-electron chi connectivity index (χ4n) is 3.89. The highest BCUT2D eigenvalue weighted by Gasteiger charge is 2.32. The van der Waals surface area contributed by atoms with Crippen molar-refractivity contribution in [2.24, 2.45) is 0 Å². The highest BCUT2D eigenvalue weighted by atomic mass is 16.2. The van der Waals surface area contributed by atoms with Crippen molar-refractivity contribution in [2.75, 3.05) is 0 Å². The first-order valence-corrected chi connectivity index (χ1v) is 8.94. The van der Waals surface area contributed by atoms with Crippen LogP contribution in [0, 0.1) is 22.7 Å². The van der Waals surface area contributed by atoms with Crippen molar-refractivity contribution in [1.29, 1.82) is 10.5 Å². The Bertz CT molecular complexity index is 1480. The number of hydrogen-bond donors (Lipinski definition) is 0. The second kappa shape index (κ2) is 6.05. The van der Waals surface area contributed by atoms with Gasteiger partial charge in [-0.1, -0.05) is 12.1 Å². The van der Waals surface area contributed by atoms with Crippen LogP contribution in [0.5, 0.6) is 0 Å². The third-order valence-corrected chi connectivity index (χ3v) is 5.24. The lowest BCUT2D eigenvalue weighted by Crippen LogP contribution is -2.20.